The van der Waals surface area contributed by atoms with Crippen LogP contribution in [-0.4, -0.2) is 24.4 Å². The molecular weight excluding hydrogens is 306 g/mol. The molecule has 0 bridgehead atoms. The zero-order valence-electron chi connectivity index (χ0n) is 9.00. The number of aryl methyl sites for hydroxylation is 1. The monoisotopic (exact) mass is 315 g/mol. The van der Waals surface area contributed by atoms with Crippen LogP contribution in [0.4, 0.5) is 5.69 Å². The number of nitrogen functional groups attached to an aromatic ring is 1. The van der Waals surface area contributed by atoms with Crippen LogP contribution in [0.2, 0.25) is 0 Å². The maximum Gasteiger partial charge on any atom is 0.187 e. The SMILES string of the molecule is Cn1nnc(CS(=O)c2cc(Br)ccc2N)n1. The number of benzene rings is 1. The standard InChI is InChI=1S/C9H10BrN5OS/c1-15-13-9(12-14-15)5-17(16)8-4-6(10)2-3-7(8)11/h2-4H,5,11H2,1H3. The van der Waals surface area contributed by atoms with Gasteiger partial charge in [-0.15, -0.1) is 10.2 Å². The number of rotatable bonds is 3. The lowest BCUT2D eigenvalue weighted by molar-refractivity contribution is 0.628. The smallest absolute Gasteiger partial charge is 0.187 e. The average molecular weight is 316 g/mol. The summed E-state index contributed by atoms with van der Waals surface area (Å²) < 4.78 is 12.9. The quantitative estimate of drug-likeness (QED) is 0.849. The first-order valence-electron chi connectivity index (χ1n) is 4.72. The van der Waals surface area contributed by atoms with Crippen LogP contribution in [0.1, 0.15) is 5.82 Å². The molecule has 1 heterocycles. The molecule has 0 spiro atoms. The summed E-state index contributed by atoms with van der Waals surface area (Å²) in [6.07, 6.45) is 0. The van der Waals surface area contributed by atoms with Crippen LogP contribution in [0.3, 0.4) is 0 Å². The van der Waals surface area contributed by atoms with Gasteiger partial charge in [-0.25, -0.2) is 0 Å². The van der Waals surface area contributed by atoms with Gasteiger partial charge in [-0.1, -0.05) is 15.9 Å². The number of anilines is 1. The Morgan fingerprint density at radius 1 is 1.53 bits per heavy atom. The van der Waals surface area contributed by atoms with E-state index in [1.165, 1.54) is 4.80 Å². The second kappa shape index (κ2) is 4.92. The summed E-state index contributed by atoms with van der Waals surface area (Å²) in [7, 11) is 0.383. The molecule has 1 aromatic heterocycles. The molecule has 0 aliphatic rings. The molecule has 0 radical (unpaired) electrons. The molecule has 2 N–H and O–H groups in total. The molecular formula is C9H10BrN5OS. The Morgan fingerprint density at radius 3 is 2.94 bits per heavy atom. The van der Waals surface area contributed by atoms with Crippen molar-refractivity contribution in [2.45, 2.75) is 10.6 Å². The van der Waals surface area contributed by atoms with E-state index in [2.05, 4.69) is 31.3 Å². The summed E-state index contributed by atoms with van der Waals surface area (Å²) in [4.78, 5) is 1.91. The van der Waals surface area contributed by atoms with Crippen LogP contribution in [0.15, 0.2) is 27.6 Å². The average Bonchev–Trinajstić information content (AvgIpc) is 2.67. The highest BCUT2D eigenvalue weighted by Crippen LogP contribution is 2.22. The third-order valence-electron chi connectivity index (χ3n) is 2.03. The molecule has 1 aromatic carbocycles. The van der Waals surface area contributed by atoms with E-state index in [0.717, 1.165) is 4.47 Å². The van der Waals surface area contributed by atoms with E-state index in [1.54, 1.807) is 25.2 Å². The third kappa shape index (κ3) is 2.89. The van der Waals surface area contributed by atoms with Crippen molar-refractivity contribution in [1.29, 1.82) is 0 Å². The van der Waals surface area contributed by atoms with Crippen molar-refractivity contribution in [3.63, 3.8) is 0 Å². The van der Waals surface area contributed by atoms with Gasteiger partial charge in [0.25, 0.3) is 0 Å². The summed E-state index contributed by atoms with van der Waals surface area (Å²) in [5.41, 5.74) is 6.27. The zero-order valence-corrected chi connectivity index (χ0v) is 11.4. The van der Waals surface area contributed by atoms with Crippen molar-refractivity contribution < 1.29 is 4.21 Å². The molecule has 0 aliphatic heterocycles. The zero-order chi connectivity index (χ0) is 12.4. The number of halogens is 1. The van der Waals surface area contributed by atoms with Gasteiger partial charge in [0.15, 0.2) is 5.82 Å². The van der Waals surface area contributed by atoms with Gasteiger partial charge in [0.05, 0.1) is 28.5 Å². The number of nitrogens with two attached hydrogens (primary N) is 1. The van der Waals surface area contributed by atoms with Gasteiger partial charge in [0, 0.05) is 10.2 Å². The molecule has 0 saturated heterocycles. The van der Waals surface area contributed by atoms with Crippen molar-refractivity contribution in [3.05, 3.63) is 28.5 Å². The van der Waals surface area contributed by atoms with Gasteiger partial charge < -0.3 is 5.73 Å². The lowest BCUT2D eigenvalue weighted by Gasteiger charge is -2.04. The highest BCUT2D eigenvalue weighted by Gasteiger charge is 2.12. The van der Waals surface area contributed by atoms with Gasteiger partial charge >= 0.3 is 0 Å². The molecule has 2 aromatic rings. The van der Waals surface area contributed by atoms with Crippen LogP contribution in [0.25, 0.3) is 0 Å². The number of hydrogen-bond donors (Lipinski definition) is 1. The van der Waals surface area contributed by atoms with E-state index in [9.17, 15) is 4.21 Å². The normalized spacial score (nSPS) is 12.6. The van der Waals surface area contributed by atoms with Gasteiger partial charge in [-0.2, -0.15) is 4.80 Å². The molecule has 0 saturated carbocycles. The Kier molecular flexibility index (Phi) is 3.53. The van der Waals surface area contributed by atoms with Crippen LogP contribution in [-0.2, 0) is 23.6 Å². The predicted octanol–water partition coefficient (Wildman–Crippen LogP) is 0.863. The fourth-order valence-electron chi connectivity index (χ4n) is 1.28. The maximum atomic E-state index is 12.1. The molecule has 0 aliphatic carbocycles. The summed E-state index contributed by atoms with van der Waals surface area (Å²) in [5.74, 6) is 0.638. The summed E-state index contributed by atoms with van der Waals surface area (Å²) in [5, 5.41) is 11.5. The largest absolute Gasteiger partial charge is 0.398 e. The highest BCUT2D eigenvalue weighted by molar-refractivity contribution is 9.10. The van der Waals surface area contributed by atoms with Gasteiger partial charge in [0.2, 0.25) is 0 Å². The molecule has 2 rings (SSSR count). The first-order valence-corrected chi connectivity index (χ1v) is 6.84. The Hall–Kier alpha value is -1.28. The van der Waals surface area contributed by atoms with Gasteiger partial charge in [-0.3, -0.25) is 4.21 Å². The number of tetrazole rings is 1. The van der Waals surface area contributed by atoms with Crippen molar-refractivity contribution in [3.8, 4) is 0 Å². The van der Waals surface area contributed by atoms with Crippen LogP contribution < -0.4 is 5.73 Å². The minimum Gasteiger partial charge on any atom is -0.398 e. The Balaban J connectivity index is 2.22. The van der Waals surface area contributed by atoms with Crippen molar-refractivity contribution in [2.75, 3.05) is 5.73 Å². The number of aromatic nitrogens is 4. The molecule has 0 amide bonds. The fraction of sp³-hybridized carbons (Fsp3) is 0.222. The highest BCUT2D eigenvalue weighted by atomic mass is 79.9. The van der Waals surface area contributed by atoms with E-state index in [-0.39, 0.29) is 5.75 Å². The third-order valence-corrected chi connectivity index (χ3v) is 3.89. The Bertz CT molecular complexity index is 570. The first-order chi connectivity index (χ1) is 8.06. The summed E-state index contributed by atoms with van der Waals surface area (Å²) >= 11 is 3.32. The van der Waals surface area contributed by atoms with Crippen LogP contribution >= 0.6 is 15.9 Å². The van der Waals surface area contributed by atoms with E-state index in [0.29, 0.717) is 16.4 Å². The van der Waals surface area contributed by atoms with Gasteiger partial charge in [0.1, 0.15) is 0 Å². The Morgan fingerprint density at radius 2 is 2.29 bits per heavy atom. The van der Waals surface area contributed by atoms with Crippen molar-refractivity contribution in [2.24, 2.45) is 7.05 Å². The molecule has 17 heavy (non-hydrogen) atoms. The number of hydrogen-bond acceptors (Lipinski definition) is 5. The predicted molar refractivity (Wildman–Crippen MR) is 67.5 cm³/mol. The number of nitrogens with zero attached hydrogens (tertiary/aromatic N) is 4. The molecule has 6 nitrogen and oxygen atoms in total. The minimum atomic E-state index is -1.28. The van der Waals surface area contributed by atoms with Gasteiger partial charge in [-0.05, 0) is 23.4 Å². The molecule has 0 fully saturated rings. The second-order valence-electron chi connectivity index (χ2n) is 3.37. The lowest BCUT2D eigenvalue weighted by Crippen LogP contribution is -2.02. The molecule has 1 unspecified atom stereocenters. The fourth-order valence-corrected chi connectivity index (χ4v) is 2.89. The summed E-state index contributed by atoms with van der Waals surface area (Å²) in [6.45, 7) is 0. The van der Waals surface area contributed by atoms with E-state index >= 15 is 0 Å². The molecule has 90 valence electrons. The summed E-state index contributed by atoms with van der Waals surface area (Å²) in [6, 6.07) is 5.25. The van der Waals surface area contributed by atoms with Crippen LogP contribution in [0, 0.1) is 0 Å². The van der Waals surface area contributed by atoms with E-state index in [4.69, 9.17) is 5.73 Å². The van der Waals surface area contributed by atoms with Crippen molar-refractivity contribution in [1.82, 2.24) is 20.2 Å². The van der Waals surface area contributed by atoms with Crippen LogP contribution in [0.5, 0.6) is 0 Å². The maximum absolute atomic E-state index is 12.1. The van der Waals surface area contributed by atoms with E-state index < -0.39 is 10.8 Å². The minimum absolute atomic E-state index is 0.203. The molecule has 8 heteroatoms. The molecule has 1 atom stereocenters. The topological polar surface area (TPSA) is 86.7 Å². The Labute approximate surface area is 109 Å². The first kappa shape index (κ1) is 12.2. The van der Waals surface area contributed by atoms with Crippen molar-refractivity contribution >= 4 is 32.4 Å². The lowest BCUT2D eigenvalue weighted by atomic mass is 10.3. The van der Waals surface area contributed by atoms with E-state index in [1.807, 2.05) is 0 Å². The second-order valence-corrected chi connectivity index (χ2v) is 5.70.